The minimum absolute atomic E-state index is 0.0872. The molecule has 2 aromatic heterocycles. The third-order valence-corrected chi connectivity index (χ3v) is 4.57. The first kappa shape index (κ1) is 17.3. The number of aromatic amines is 1. The summed E-state index contributed by atoms with van der Waals surface area (Å²) in [5.41, 5.74) is 1.81. The zero-order valence-corrected chi connectivity index (χ0v) is 14.6. The number of nitrogens with one attached hydrogen (secondary N) is 2. The van der Waals surface area contributed by atoms with Gasteiger partial charge in [0.05, 0.1) is 0 Å². The SMILES string of the molecule is Cc1nc(-c2cccnc2)[nH]c(=O)c1CCC(=O)N1CCNC[C@@H]1C. The van der Waals surface area contributed by atoms with Crippen LogP contribution in [0, 0.1) is 6.92 Å². The molecule has 0 spiro atoms. The highest BCUT2D eigenvalue weighted by Crippen LogP contribution is 2.14. The predicted octanol–water partition coefficient (Wildman–Crippen LogP) is 0.893. The van der Waals surface area contributed by atoms with Crippen LogP contribution in [0.1, 0.15) is 24.6 Å². The van der Waals surface area contributed by atoms with Crippen molar-refractivity contribution in [3.8, 4) is 11.4 Å². The van der Waals surface area contributed by atoms with Gasteiger partial charge in [0.15, 0.2) is 0 Å². The van der Waals surface area contributed by atoms with Gasteiger partial charge in [0.2, 0.25) is 5.91 Å². The lowest BCUT2D eigenvalue weighted by Crippen LogP contribution is -2.52. The number of rotatable bonds is 4. The minimum Gasteiger partial charge on any atom is -0.337 e. The molecule has 0 bridgehead atoms. The molecule has 7 nitrogen and oxygen atoms in total. The van der Waals surface area contributed by atoms with Gasteiger partial charge in [-0.3, -0.25) is 14.6 Å². The molecule has 3 rings (SSSR count). The van der Waals surface area contributed by atoms with Gasteiger partial charge in [-0.05, 0) is 32.4 Å². The molecule has 7 heteroatoms. The van der Waals surface area contributed by atoms with Crippen LogP contribution in [0.5, 0.6) is 0 Å². The summed E-state index contributed by atoms with van der Waals surface area (Å²) in [6.45, 7) is 6.19. The molecule has 25 heavy (non-hydrogen) atoms. The summed E-state index contributed by atoms with van der Waals surface area (Å²) in [5, 5.41) is 3.27. The fraction of sp³-hybridized carbons (Fsp3) is 0.444. The van der Waals surface area contributed by atoms with Crippen molar-refractivity contribution in [2.24, 2.45) is 0 Å². The maximum absolute atomic E-state index is 12.5. The molecule has 1 fully saturated rings. The van der Waals surface area contributed by atoms with Crippen LogP contribution in [-0.4, -0.2) is 51.4 Å². The van der Waals surface area contributed by atoms with E-state index in [9.17, 15) is 9.59 Å². The zero-order valence-electron chi connectivity index (χ0n) is 14.6. The van der Waals surface area contributed by atoms with Crippen molar-refractivity contribution in [2.45, 2.75) is 32.7 Å². The number of aryl methyl sites for hydroxylation is 1. The van der Waals surface area contributed by atoms with E-state index in [1.807, 2.05) is 24.8 Å². The van der Waals surface area contributed by atoms with Crippen LogP contribution in [0.25, 0.3) is 11.4 Å². The Balaban J connectivity index is 1.73. The van der Waals surface area contributed by atoms with Crippen LogP contribution in [0.2, 0.25) is 0 Å². The summed E-state index contributed by atoms with van der Waals surface area (Å²) in [6, 6.07) is 3.83. The molecule has 2 aromatic rings. The monoisotopic (exact) mass is 341 g/mol. The molecule has 0 saturated carbocycles. The second-order valence-corrected chi connectivity index (χ2v) is 6.36. The Morgan fingerprint density at radius 3 is 2.96 bits per heavy atom. The van der Waals surface area contributed by atoms with Crippen LogP contribution in [0.3, 0.4) is 0 Å². The topological polar surface area (TPSA) is 91.0 Å². The summed E-state index contributed by atoms with van der Waals surface area (Å²) >= 11 is 0. The minimum atomic E-state index is -0.187. The maximum atomic E-state index is 12.5. The van der Waals surface area contributed by atoms with Crippen molar-refractivity contribution in [3.05, 3.63) is 46.1 Å². The van der Waals surface area contributed by atoms with Crippen molar-refractivity contribution >= 4 is 5.91 Å². The number of piperazine rings is 1. The van der Waals surface area contributed by atoms with Crippen molar-refractivity contribution in [3.63, 3.8) is 0 Å². The van der Waals surface area contributed by atoms with Crippen LogP contribution in [0.15, 0.2) is 29.3 Å². The standard InChI is InChI=1S/C18H23N5O2/c1-12-10-20-8-9-23(12)16(24)6-5-15-13(2)21-17(22-18(15)25)14-4-3-7-19-11-14/h3-4,7,11-12,20H,5-6,8-10H2,1-2H3,(H,21,22,25)/t12-/m0/s1. The molecule has 3 heterocycles. The van der Waals surface area contributed by atoms with E-state index in [1.54, 1.807) is 18.5 Å². The number of hydrogen-bond acceptors (Lipinski definition) is 5. The summed E-state index contributed by atoms with van der Waals surface area (Å²) in [6.07, 6.45) is 4.05. The second-order valence-electron chi connectivity index (χ2n) is 6.36. The largest absolute Gasteiger partial charge is 0.337 e. The van der Waals surface area contributed by atoms with E-state index in [2.05, 4.69) is 20.3 Å². The number of nitrogens with zero attached hydrogens (tertiary/aromatic N) is 3. The molecule has 0 radical (unpaired) electrons. The Labute approximate surface area is 146 Å². The van der Waals surface area contributed by atoms with Crippen LogP contribution >= 0.6 is 0 Å². The average molecular weight is 341 g/mol. The summed E-state index contributed by atoms with van der Waals surface area (Å²) in [5.74, 6) is 0.588. The quantitative estimate of drug-likeness (QED) is 0.862. The highest BCUT2D eigenvalue weighted by atomic mass is 16.2. The van der Waals surface area contributed by atoms with Gasteiger partial charge < -0.3 is 15.2 Å². The zero-order chi connectivity index (χ0) is 17.8. The number of carbonyl (C=O) groups excluding carboxylic acids is 1. The first-order valence-corrected chi connectivity index (χ1v) is 8.56. The Morgan fingerprint density at radius 1 is 1.44 bits per heavy atom. The third kappa shape index (κ3) is 3.93. The molecule has 1 saturated heterocycles. The molecular weight excluding hydrogens is 318 g/mol. The second kappa shape index (κ2) is 7.57. The Hall–Kier alpha value is -2.54. The highest BCUT2D eigenvalue weighted by Gasteiger charge is 2.23. The van der Waals surface area contributed by atoms with Gasteiger partial charge in [0, 0.05) is 61.3 Å². The fourth-order valence-corrected chi connectivity index (χ4v) is 3.13. The lowest BCUT2D eigenvalue weighted by molar-refractivity contribution is -0.133. The lowest BCUT2D eigenvalue weighted by atomic mass is 10.1. The predicted molar refractivity (Wildman–Crippen MR) is 95.2 cm³/mol. The molecule has 1 aliphatic rings. The van der Waals surface area contributed by atoms with Crippen molar-refractivity contribution < 1.29 is 4.79 Å². The first-order valence-electron chi connectivity index (χ1n) is 8.56. The normalized spacial score (nSPS) is 17.5. The number of H-pyrrole nitrogens is 1. The lowest BCUT2D eigenvalue weighted by Gasteiger charge is -2.34. The highest BCUT2D eigenvalue weighted by molar-refractivity contribution is 5.77. The molecular formula is C18H23N5O2. The van der Waals surface area contributed by atoms with Gasteiger partial charge >= 0.3 is 0 Å². The molecule has 0 aromatic carbocycles. The molecule has 0 unspecified atom stereocenters. The van der Waals surface area contributed by atoms with Gasteiger partial charge in [-0.2, -0.15) is 0 Å². The van der Waals surface area contributed by atoms with Crippen LogP contribution in [-0.2, 0) is 11.2 Å². The fourth-order valence-electron chi connectivity index (χ4n) is 3.13. The first-order chi connectivity index (χ1) is 12.1. The molecule has 0 aliphatic carbocycles. The van der Waals surface area contributed by atoms with E-state index in [1.165, 1.54) is 0 Å². The summed E-state index contributed by atoms with van der Waals surface area (Å²) < 4.78 is 0. The van der Waals surface area contributed by atoms with E-state index < -0.39 is 0 Å². The Kier molecular flexibility index (Phi) is 5.23. The van der Waals surface area contributed by atoms with Crippen molar-refractivity contribution in [1.29, 1.82) is 0 Å². The number of amides is 1. The van der Waals surface area contributed by atoms with E-state index in [0.717, 1.165) is 18.7 Å². The van der Waals surface area contributed by atoms with Gasteiger partial charge in [-0.15, -0.1) is 0 Å². The maximum Gasteiger partial charge on any atom is 0.254 e. The molecule has 132 valence electrons. The third-order valence-electron chi connectivity index (χ3n) is 4.57. The van der Waals surface area contributed by atoms with E-state index in [0.29, 0.717) is 36.5 Å². The Morgan fingerprint density at radius 2 is 2.28 bits per heavy atom. The molecule has 1 atom stereocenters. The van der Waals surface area contributed by atoms with Crippen molar-refractivity contribution in [1.82, 2.24) is 25.2 Å². The summed E-state index contributed by atoms with van der Waals surface area (Å²) in [4.78, 5) is 38.1. The number of aromatic nitrogens is 3. The van der Waals surface area contributed by atoms with E-state index >= 15 is 0 Å². The Bertz CT molecular complexity index is 803. The number of hydrogen-bond donors (Lipinski definition) is 2. The van der Waals surface area contributed by atoms with Gasteiger partial charge in [-0.25, -0.2) is 4.98 Å². The number of pyridine rings is 1. The molecule has 1 aliphatic heterocycles. The van der Waals surface area contributed by atoms with E-state index in [4.69, 9.17) is 0 Å². The molecule has 1 amide bonds. The average Bonchev–Trinajstić information content (AvgIpc) is 2.62. The smallest absolute Gasteiger partial charge is 0.254 e. The van der Waals surface area contributed by atoms with Gasteiger partial charge in [-0.1, -0.05) is 0 Å². The van der Waals surface area contributed by atoms with Gasteiger partial charge in [0.25, 0.3) is 5.56 Å². The summed E-state index contributed by atoms with van der Waals surface area (Å²) in [7, 11) is 0. The van der Waals surface area contributed by atoms with E-state index in [-0.39, 0.29) is 17.5 Å². The number of carbonyl (C=O) groups is 1. The van der Waals surface area contributed by atoms with Crippen molar-refractivity contribution in [2.75, 3.05) is 19.6 Å². The van der Waals surface area contributed by atoms with Gasteiger partial charge in [0.1, 0.15) is 5.82 Å². The van der Waals surface area contributed by atoms with Crippen LogP contribution < -0.4 is 10.9 Å². The van der Waals surface area contributed by atoms with Crippen LogP contribution in [0.4, 0.5) is 0 Å². The molecule has 2 N–H and O–H groups in total.